The number of rotatable bonds is 15. The molecule has 0 saturated carbocycles. The van der Waals surface area contributed by atoms with Gasteiger partial charge in [-0.1, -0.05) is 59.8 Å². The average molecular weight is 400 g/mol. The first-order chi connectivity index (χ1) is 12.8. The van der Waals surface area contributed by atoms with E-state index in [0.29, 0.717) is 13.2 Å². The van der Waals surface area contributed by atoms with Crippen molar-refractivity contribution in [1.82, 2.24) is 4.90 Å². The minimum Gasteiger partial charge on any atom is -0.350 e. The fraction of sp³-hybridized carbons (Fsp3) is 1.00. The summed E-state index contributed by atoms with van der Waals surface area (Å²) in [6, 6.07) is 0. The van der Waals surface area contributed by atoms with Gasteiger partial charge in [-0.05, 0) is 73.4 Å². The van der Waals surface area contributed by atoms with Crippen molar-refractivity contribution >= 4 is 0 Å². The van der Waals surface area contributed by atoms with E-state index in [4.69, 9.17) is 9.47 Å². The summed E-state index contributed by atoms with van der Waals surface area (Å²) >= 11 is 0. The normalized spacial score (nSPS) is 15.9. The van der Waals surface area contributed by atoms with Gasteiger partial charge in [0.1, 0.15) is 0 Å². The van der Waals surface area contributed by atoms with Crippen LogP contribution in [0.3, 0.4) is 0 Å². The molecule has 0 heterocycles. The molecule has 3 nitrogen and oxygen atoms in total. The van der Waals surface area contributed by atoms with E-state index in [2.05, 4.69) is 81.2 Å². The summed E-state index contributed by atoms with van der Waals surface area (Å²) in [5, 5.41) is 0. The SMILES string of the molecule is CCCCCCCC(C)(C)C(C)(CCN(C)C(C)(C)C)C(C)(OCC)OCC. The first-order valence-corrected chi connectivity index (χ1v) is 11.8. The molecule has 0 aliphatic carbocycles. The van der Waals surface area contributed by atoms with Gasteiger partial charge in [0, 0.05) is 24.2 Å². The number of ether oxygens (including phenoxy) is 2. The molecule has 1 atom stereocenters. The summed E-state index contributed by atoms with van der Waals surface area (Å²) in [6.07, 6.45) is 8.88. The molecule has 0 aliphatic rings. The molecule has 1 unspecified atom stereocenters. The van der Waals surface area contributed by atoms with E-state index in [9.17, 15) is 0 Å². The highest BCUT2D eigenvalue weighted by Gasteiger charge is 2.55. The third-order valence-corrected chi connectivity index (χ3v) is 7.33. The van der Waals surface area contributed by atoms with Gasteiger partial charge < -0.3 is 14.4 Å². The molecule has 0 saturated heterocycles. The smallest absolute Gasteiger partial charge is 0.171 e. The monoisotopic (exact) mass is 399 g/mol. The Kier molecular flexibility index (Phi) is 11.9. The maximum Gasteiger partial charge on any atom is 0.171 e. The zero-order chi connectivity index (χ0) is 22.1. The average Bonchev–Trinajstić information content (AvgIpc) is 2.58. The van der Waals surface area contributed by atoms with E-state index in [-0.39, 0.29) is 16.4 Å². The molecule has 0 fully saturated rings. The largest absolute Gasteiger partial charge is 0.350 e. The van der Waals surface area contributed by atoms with Crippen LogP contribution in [0.2, 0.25) is 0 Å². The number of unbranched alkanes of at least 4 members (excludes halogenated alkanes) is 4. The van der Waals surface area contributed by atoms with Crippen LogP contribution in [0.15, 0.2) is 0 Å². The standard InChI is InChI=1S/C25H53NO2/c1-12-15-16-17-18-19-23(7,8)24(9,20-21-26(11)22(4,5)6)25(10,27-13-2)28-14-3/h12-21H2,1-11H3. The van der Waals surface area contributed by atoms with E-state index in [1.54, 1.807) is 0 Å². The Balaban J connectivity index is 5.61. The van der Waals surface area contributed by atoms with Gasteiger partial charge in [0.05, 0.1) is 0 Å². The molecule has 0 aliphatic heterocycles. The minimum atomic E-state index is -0.581. The van der Waals surface area contributed by atoms with Crippen LogP contribution in [0, 0.1) is 10.8 Å². The summed E-state index contributed by atoms with van der Waals surface area (Å²) in [5.74, 6) is -0.581. The Morgan fingerprint density at radius 2 is 1.18 bits per heavy atom. The van der Waals surface area contributed by atoms with Gasteiger partial charge in [0.15, 0.2) is 5.79 Å². The third kappa shape index (κ3) is 7.61. The molecule has 0 aromatic heterocycles. The van der Waals surface area contributed by atoms with E-state index < -0.39 is 5.79 Å². The fourth-order valence-corrected chi connectivity index (χ4v) is 4.26. The lowest BCUT2D eigenvalue weighted by atomic mass is 9.58. The van der Waals surface area contributed by atoms with Crippen LogP contribution in [0.25, 0.3) is 0 Å². The Morgan fingerprint density at radius 1 is 0.679 bits per heavy atom. The van der Waals surface area contributed by atoms with Crippen LogP contribution in [0.5, 0.6) is 0 Å². The Labute approximate surface area is 177 Å². The van der Waals surface area contributed by atoms with Gasteiger partial charge in [0.25, 0.3) is 0 Å². The Bertz CT molecular complexity index is 407. The summed E-state index contributed by atoms with van der Waals surface area (Å²) < 4.78 is 12.7. The molecular formula is C25H53NO2. The maximum absolute atomic E-state index is 6.34. The molecule has 0 radical (unpaired) electrons. The van der Waals surface area contributed by atoms with E-state index in [1.165, 1.54) is 38.5 Å². The molecule has 0 spiro atoms. The van der Waals surface area contributed by atoms with E-state index in [0.717, 1.165) is 13.0 Å². The highest BCUT2D eigenvalue weighted by molar-refractivity contribution is 4.99. The quantitative estimate of drug-likeness (QED) is 0.213. The first-order valence-electron chi connectivity index (χ1n) is 11.8. The van der Waals surface area contributed by atoms with Crippen LogP contribution in [-0.4, -0.2) is 43.0 Å². The van der Waals surface area contributed by atoms with Crippen molar-refractivity contribution in [3.63, 3.8) is 0 Å². The zero-order valence-electron chi connectivity index (χ0n) is 21.3. The molecule has 0 bridgehead atoms. The van der Waals surface area contributed by atoms with Crippen LogP contribution in [0.4, 0.5) is 0 Å². The minimum absolute atomic E-state index is 0.0870. The van der Waals surface area contributed by atoms with Crippen LogP contribution in [-0.2, 0) is 9.47 Å². The van der Waals surface area contributed by atoms with Gasteiger partial charge in [-0.2, -0.15) is 0 Å². The number of hydrogen-bond donors (Lipinski definition) is 0. The highest BCUT2D eigenvalue weighted by Crippen LogP contribution is 2.54. The maximum atomic E-state index is 6.34. The number of nitrogens with zero attached hydrogens (tertiary/aromatic N) is 1. The van der Waals surface area contributed by atoms with E-state index >= 15 is 0 Å². The molecule has 0 aromatic rings. The summed E-state index contributed by atoms with van der Waals surface area (Å²) in [6.45, 7) is 25.1. The second kappa shape index (κ2) is 11.9. The molecule has 28 heavy (non-hydrogen) atoms. The topological polar surface area (TPSA) is 21.7 Å². The molecule has 0 aromatic carbocycles. The summed E-state index contributed by atoms with van der Waals surface area (Å²) in [4.78, 5) is 2.46. The van der Waals surface area contributed by atoms with Gasteiger partial charge >= 0.3 is 0 Å². The van der Waals surface area contributed by atoms with Gasteiger partial charge in [-0.3, -0.25) is 0 Å². The van der Waals surface area contributed by atoms with Crippen molar-refractivity contribution < 1.29 is 9.47 Å². The highest BCUT2D eigenvalue weighted by atomic mass is 16.7. The van der Waals surface area contributed by atoms with Crippen molar-refractivity contribution in [1.29, 1.82) is 0 Å². The zero-order valence-corrected chi connectivity index (χ0v) is 21.3. The van der Waals surface area contributed by atoms with Gasteiger partial charge in [-0.25, -0.2) is 0 Å². The predicted molar refractivity (Wildman–Crippen MR) is 124 cm³/mol. The number of hydrogen-bond acceptors (Lipinski definition) is 3. The van der Waals surface area contributed by atoms with Crippen LogP contribution < -0.4 is 0 Å². The van der Waals surface area contributed by atoms with Crippen molar-refractivity contribution in [3.05, 3.63) is 0 Å². The first kappa shape index (κ1) is 27.9. The molecule has 0 amide bonds. The predicted octanol–water partition coefficient (Wildman–Crippen LogP) is 7.29. The molecule has 170 valence electrons. The van der Waals surface area contributed by atoms with Crippen molar-refractivity contribution in [2.24, 2.45) is 10.8 Å². The molecular weight excluding hydrogens is 346 g/mol. The van der Waals surface area contributed by atoms with Crippen molar-refractivity contribution in [3.8, 4) is 0 Å². The van der Waals surface area contributed by atoms with Crippen molar-refractivity contribution in [2.75, 3.05) is 26.8 Å². The Hall–Kier alpha value is -0.120. The van der Waals surface area contributed by atoms with Crippen LogP contribution >= 0.6 is 0 Å². The fourth-order valence-electron chi connectivity index (χ4n) is 4.26. The summed E-state index contributed by atoms with van der Waals surface area (Å²) in [7, 11) is 2.23. The molecule has 0 rings (SSSR count). The second-order valence-corrected chi connectivity index (χ2v) is 10.5. The molecule has 0 N–H and O–H groups in total. The molecule has 3 heteroatoms. The van der Waals surface area contributed by atoms with Crippen molar-refractivity contribution in [2.45, 2.75) is 126 Å². The van der Waals surface area contributed by atoms with E-state index in [1.807, 2.05) is 0 Å². The van der Waals surface area contributed by atoms with Crippen LogP contribution in [0.1, 0.15) is 114 Å². The van der Waals surface area contributed by atoms with Gasteiger partial charge in [-0.15, -0.1) is 0 Å². The second-order valence-electron chi connectivity index (χ2n) is 10.5. The summed E-state index contributed by atoms with van der Waals surface area (Å²) in [5.41, 5.74) is 0.201. The lowest BCUT2D eigenvalue weighted by Gasteiger charge is -2.55. The Morgan fingerprint density at radius 3 is 1.61 bits per heavy atom. The lowest BCUT2D eigenvalue weighted by molar-refractivity contribution is -0.310. The third-order valence-electron chi connectivity index (χ3n) is 7.33. The lowest BCUT2D eigenvalue weighted by Crippen LogP contribution is -2.57. The van der Waals surface area contributed by atoms with Gasteiger partial charge in [0.2, 0.25) is 0 Å².